The molecular formula is C23H28FN3O4S2. The van der Waals surface area contributed by atoms with Crippen molar-refractivity contribution in [1.29, 1.82) is 0 Å². The summed E-state index contributed by atoms with van der Waals surface area (Å²) in [5.74, 6) is -0.702. The minimum Gasteiger partial charge on any atom is -0.344 e. The third-order valence-electron chi connectivity index (χ3n) is 5.56. The summed E-state index contributed by atoms with van der Waals surface area (Å²) < 4.78 is 40.0. The van der Waals surface area contributed by atoms with Gasteiger partial charge in [0.25, 0.3) is 0 Å². The Morgan fingerprint density at radius 3 is 2.33 bits per heavy atom. The van der Waals surface area contributed by atoms with Gasteiger partial charge < -0.3 is 10.6 Å². The molecule has 33 heavy (non-hydrogen) atoms. The number of thioether (sulfide) groups is 1. The van der Waals surface area contributed by atoms with E-state index in [1.54, 1.807) is 23.9 Å². The van der Waals surface area contributed by atoms with Crippen LogP contribution in [0.15, 0.2) is 59.5 Å². The number of nitrogens with one attached hydrogen (secondary N) is 2. The third-order valence-corrected chi connectivity index (χ3v) is 8.12. The molecule has 10 heteroatoms. The van der Waals surface area contributed by atoms with Crippen molar-refractivity contribution in [3.05, 3.63) is 60.4 Å². The summed E-state index contributed by atoms with van der Waals surface area (Å²) in [4.78, 5) is 25.7. The SMILES string of the molecule is CSCC[C@H](NC(=O)C1CCN(S(=O)(=O)c2ccc(F)cc2)CC1)C(=O)Nc1ccccc1. The van der Waals surface area contributed by atoms with Crippen molar-refractivity contribution in [2.45, 2.75) is 30.2 Å². The van der Waals surface area contributed by atoms with Gasteiger partial charge in [-0.2, -0.15) is 16.1 Å². The van der Waals surface area contributed by atoms with E-state index in [2.05, 4.69) is 10.6 Å². The average molecular weight is 494 g/mol. The van der Waals surface area contributed by atoms with E-state index in [-0.39, 0.29) is 35.7 Å². The molecule has 0 spiro atoms. The highest BCUT2D eigenvalue weighted by Crippen LogP contribution is 2.24. The summed E-state index contributed by atoms with van der Waals surface area (Å²) >= 11 is 1.59. The normalized spacial score (nSPS) is 16.2. The molecule has 2 N–H and O–H groups in total. The lowest BCUT2D eigenvalue weighted by molar-refractivity contribution is -0.130. The lowest BCUT2D eigenvalue weighted by Crippen LogP contribution is -2.49. The van der Waals surface area contributed by atoms with Crippen LogP contribution in [-0.4, -0.2) is 55.7 Å². The van der Waals surface area contributed by atoms with Crippen LogP contribution >= 0.6 is 11.8 Å². The standard InChI is InChI=1S/C23H28FN3O4S2/c1-32-16-13-21(23(29)25-19-5-3-2-4-6-19)26-22(28)17-11-14-27(15-12-17)33(30,31)20-9-7-18(24)8-10-20/h2-10,17,21H,11-16H2,1H3,(H,25,29)(H,26,28)/t21-/m0/s1. The van der Waals surface area contributed by atoms with E-state index in [0.717, 1.165) is 12.1 Å². The van der Waals surface area contributed by atoms with Crippen LogP contribution < -0.4 is 10.6 Å². The molecule has 0 bridgehead atoms. The predicted octanol–water partition coefficient (Wildman–Crippen LogP) is 3.10. The number of nitrogens with zero attached hydrogens (tertiary/aromatic N) is 1. The average Bonchev–Trinajstić information content (AvgIpc) is 2.82. The van der Waals surface area contributed by atoms with Crippen LogP contribution in [0.5, 0.6) is 0 Å². The quantitative estimate of drug-likeness (QED) is 0.560. The van der Waals surface area contributed by atoms with Gasteiger partial charge in [0.15, 0.2) is 0 Å². The van der Waals surface area contributed by atoms with Crippen LogP contribution in [0, 0.1) is 11.7 Å². The first-order chi connectivity index (χ1) is 15.8. The van der Waals surface area contributed by atoms with Crippen molar-refractivity contribution in [1.82, 2.24) is 9.62 Å². The Morgan fingerprint density at radius 2 is 1.73 bits per heavy atom. The zero-order chi connectivity index (χ0) is 23.8. The number of rotatable bonds is 9. The number of carbonyl (C=O) groups excluding carboxylic acids is 2. The largest absolute Gasteiger partial charge is 0.344 e. The number of anilines is 1. The highest BCUT2D eigenvalue weighted by molar-refractivity contribution is 7.98. The minimum absolute atomic E-state index is 0.0292. The van der Waals surface area contributed by atoms with Gasteiger partial charge in [0, 0.05) is 24.7 Å². The van der Waals surface area contributed by atoms with Crippen LogP contribution in [0.2, 0.25) is 0 Å². The third kappa shape index (κ3) is 6.78. The lowest BCUT2D eigenvalue weighted by Gasteiger charge is -2.31. The number of hydrogen-bond donors (Lipinski definition) is 2. The van der Waals surface area contributed by atoms with Crippen LogP contribution in [-0.2, 0) is 19.6 Å². The second kappa shape index (κ2) is 11.6. The fourth-order valence-electron chi connectivity index (χ4n) is 3.66. The molecule has 0 aliphatic carbocycles. The van der Waals surface area contributed by atoms with E-state index in [0.29, 0.717) is 30.7 Å². The molecule has 1 heterocycles. The summed E-state index contributed by atoms with van der Waals surface area (Å²) in [5.41, 5.74) is 0.658. The van der Waals surface area contributed by atoms with Gasteiger partial charge in [-0.3, -0.25) is 9.59 Å². The highest BCUT2D eigenvalue weighted by atomic mass is 32.2. The number of hydrogen-bond acceptors (Lipinski definition) is 5. The summed E-state index contributed by atoms with van der Waals surface area (Å²) in [6.07, 6.45) is 3.12. The van der Waals surface area contributed by atoms with E-state index in [4.69, 9.17) is 0 Å². The van der Waals surface area contributed by atoms with Gasteiger partial charge >= 0.3 is 0 Å². The fraction of sp³-hybridized carbons (Fsp3) is 0.391. The summed E-state index contributed by atoms with van der Waals surface area (Å²) in [5, 5.41) is 5.69. The maximum atomic E-state index is 13.1. The van der Waals surface area contributed by atoms with Crippen LogP contribution in [0.4, 0.5) is 10.1 Å². The molecule has 2 aromatic carbocycles. The molecule has 1 aliphatic heterocycles. The van der Waals surface area contributed by atoms with Gasteiger partial charge in [0.2, 0.25) is 21.8 Å². The van der Waals surface area contributed by atoms with Crippen LogP contribution in [0.3, 0.4) is 0 Å². The van der Waals surface area contributed by atoms with Crippen molar-refractivity contribution in [3.63, 3.8) is 0 Å². The first kappa shape index (κ1) is 25.2. The zero-order valence-corrected chi connectivity index (χ0v) is 20.0. The molecule has 0 saturated carbocycles. The Bertz CT molecular complexity index is 1040. The highest BCUT2D eigenvalue weighted by Gasteiger charge is 2.33. The summed E-state index contributed by atoms with van der Waals surface area (Å²) in [6.45, 7) is 0.368. The second-order valence-corrected chi connectivity index (χ2v) is 10.8. The zero-order valence-electron chi connectivity index (χ0n) is 18.4. The molecule has 7 nitrogen and oxygen atoms in total. The molecule has 1 atom stereocenters. The molecule has 2 amide bonds. The molecule has 1 aliphatic rings. The van der Waals surface area contributed by atoms with Gasteiger partial charge in [-0.25, -0.2) is 12.8 Å². The van der Waals surface area contributed by atoms with E-state index in [1.165, 1.54) is 16.4 Å². The van der Waals surface area contributed by atoms with E-state index < -0.39 is 21.9 Å². The summed E-state index contributed by atoms with van der Waals surface area (Å²) in [6, 6.07) is 13.1. The lowest BCUT2D eigenvalue weighted by atomic mass is 9.96. The molecule has 1 saturated heterocycles. The number of halogens is 1. The van der Waals surface area contributed by atoms with Gasteiger partial charge in [-0.1, -0.05) is 18.2 Å². The topological polar surface area (TPSA) is 95.6 Å². The van der Waals surface area contributed by atoms with Gasteiger partial charge in [-0.15, -0.1) is 0 Å². The van der Waals surface area contributed by atoms with Crippen LogP contribution in [0.25, 0.3) is 0 Å². The fourth-order valence-corrected chi connectivity index (χ4v) is 5.60. The molecule has 178 valence electrons. The monoisotopic (exact) mass is 493 g/mol. The van der Waals surface area contributed by atoms with Gasteiger partial charge in [0.05, 0.1) is 4.90 Å². The van der Waals surface area contributed by atoms with Crippen molar-refractivity contribution < 1.29 is 22.4 Å². The smallest absolute Gasteiger partial charge is 0.246 e. The Labute approximate surface area is 198 Å². The van der Waals surface area contributed by atoms with E-state index in [9.17, 15) is 22.4 Å². The molecular weight excluding hydrogens is 465 g/mol. The number of sulfonamides is 1. The van der Waals surface area contributed by atoms with Crippen molar-refractivity contribution in [2.75, 3.05) is 30.4 Å². The van der Waals surface area contributed by atoms with Gasteiger partial charge in [0.1, 0.15) is 11.9 Å². The Hall–Kier alpha value is -2.43. The summed E-state index contributed by atoms with van der Waals surface area (Å²) in [7, 11) is -3.74. The molecule has 2 aromatic rings. The van der Waals surface area contributed by atoms with Gasteiger partial charge in [-0.05, 0) is 67.7 Å². The molecule has 0 radical (unpaired) electrons. The molecule has 1 fully saturated rings. The molecule has 0 unspecified atom stereocenters. The number of amides is 2. The Balaban J connectivity index is 1.58. The first-order valence-corrected chi connectivity index (χ1v) is 13.6. The molecule has 0 aromatic heterocycles. The maximum absolute atomic E-state index is 13.1. The van der Waals surface area contributed by atoms with E-state index >= 15 is 0 Å². The van der Waals surface area contributed by atoms with E-state index in [1.807, 2.05) is 24.5 Å². The van der Waals surface area contributed by atoms with Crippen molar-refractivity contribution in [3.8, 4) is 0 Å². The van der Waals surface area contributed by atoms with Crippen molar-refractivity contribution in [2.24, 2.45) is 5.92 Å². The maximum Gasteiger partial charge on any atom is 0.246 e. The number of benzene rings is 2. The minimum atomic E-state index is -3.74. The molecule has 3 rings (SSSR count). The van der Waals surface area contributed by atoms with Crippen molar-refractivity contribution >= 4 is 39.3 Å². The second-order valence-electron chi connectivity index (χ2n) is 7.83. The number of piperidine rings is 1. The Kier molecular flexibility index (Phi) is 8.87. The Morgan fingerprint density at radius 1 is 1.09 bits per heavy atom. The number of para-hydroxylation sites is 1. The van der Waals surface area contributed by atoms with Crippen LogP contribution in [0.1, 0.15) is 19.3 Å². The number of carbonyl (C=O) groups is 2. The predicted molar refractivity (Wildman–Crippen MR) is 128 cm³/mol. The first-order valence-electron chi connectivity index (χ1n) is 10.7.